The first kappa shape index (κ1) is 11.8. The first-order valence-corrected chi connectivity index (χ1v) is 5.22. The maximum Gasteiger partial charge on any atom is 0.0595 e. The van der Waals surface area contributed by atoms with Crippen molar-refractivity contribution in [1.29, 1.82) is 0 Å². The molecule has 0 aliphatic heterocycles. The molecular formula is C10H14Cl2N2. The summed E-state index contributed by atoms with van der Waals surface area (Å²) in [5.41, 5.74) is 12.5. The lowest BCUT2D eigenvalue weighted by molar-refractivity contribution is 0.577. The summed E-state index contributed by atoms with van der Waals surface area (Å²) in [6.45, 7) is 2.44. The zero-order valence-electron chi connectivity index (χ0n) is 8.00. The Hall–Kier alpha value is -0.280. The lowest BCUT2D eigenvalue weighted by atomic mass is 9.93. The van der Waals surface area contributed by atoms with Crippen molar-refractivity contribution in [1.82, 2.24) is 0 Å². The molecule has 4 heteroatoms. The third-order valence-corrected chi connectivity index (χ3v) is 3.00. The summed E-state index contributed by atoms with van der Waals surface area (Å²) in [5, 5.41) is 1.10. The van der Waals surface area contributed by atoms with Crippen LogP contribution in [-0.4, -0.2) is 12.6 Å². The van der Waals surface area contributed by atoms with Crippen LogP contribution in [0.2, 0.25) is 10.0 Å². The van der Waals surface area contributed by atoms with Crippen molar-refractivity contribution in [3.05, 3.63) is 33.8 Å². The highest BCUT2D eigenvalue weighted by atomic mass is 35.5. The standard InChI is InChI=1S/C10H14Cl2N2/c1-6(14)8(5-13)7-2-3-9(11)10(12)4-7/h2-4,6,8H,5,13-14H2,1H3. The molecule has 1 aromatic carbocycles. The Morgan fingerprint density at radius 1 is 1.29 bits per heavy atom. The van der Waals surface area contributed by atoms with E-state index in [2.05, 4.69) is 0 Å². The Kier molecular flexibility index (Phi) is 4.20. The molecule has 0 amide bonds. The summed E-state index contributed by atoms with van der Waals surface area (Å²) in [7, 11) is 0. The smallest absolute Gasteiger partial charge is 0.0595 e. The molecule has 2 nitrogen and oxygen atoms in total. The predicted molar refractivity (Wildman–Crippen MR) is 61.9 cm³/mol. The van der Waals surface area contributed by atoms with E-state index in [0.717, 1.165) is 5.56 Å². The molecule has 0 aliphatic rings. The Morgan fingerprint density at radius 3 is 2.36 bits per heavy atom. The fraction of sp³-hybridized carbons (Fsp3) is 0.400. The average Bonchev–Trinajstić information content (AvgIpc) is 2.11. The van der Waals surface area contributed by atoms with Crippen LogP contribution in [0.5, 0.6) is 0 Å². The molecule has 0 heterocycles. The van der Waals surface area contributed by atoms with E-state index in [4.69, 9.17) is 34.7 Å². The highest BCUT2D eigenvalue weighted by Crippen LogP contribution is 2.27. The summed E-state index contributed by atoms with van der Waals surface area (Å²) in [6.07, 6.45) is 0. The minimum atomic E-state index is 0.0113. The SMILES string of the molecule is CC(N)C(CN)c1ccc(Cl)c(Cl)c1. The predicted octanol–water partition coefficient (Wildman–Crippen LogP) is 2.38. The minimum Gasteiger partial charge on any atom is -0.330 e. The quantitative estimate of drug-likeness (QED) is 0.842. The van der Waals surface area contributed by atoms with Crippen LogP contribution < -0.4 is 11.5 Å². The highest BCUT2D eigenvalue weighted by molar-refractivity contribution is 6.42. The zero-order chi connectivity index (χ0) is 10.7. The Bertz CT molecular complexity index is 313. The molecule has 2 atom stereocenters. The second kappa shape index (κ2) is 4.99. The van der Waals surface area contributed by atoms with Crippen LogP contribution in [0.3, 0.4) is 0 Å². The summed E-state index contributed by atoms with van der Waals surface area (Å²) in [4.78, 5) is 0. The molecule has 0 bridgehead atoms. The zero-order valence-corrected chi connectivity index (χ0v) is 9.52. The molecule has 0 saturated carbocycles. The molecule has 1 aromatic rings. The van der Waals surface area contributed by atoms with Crippen LogP contribution in [0.25, 0.3) is 0 Å². The number of hydrogen-bond donors (Lipinski definition) is 2. The van der Waals surface area contributed by atoms with Gasteiger partial charge in [0.2, 0.25) is 0 Å². The number of hydrogen-bond acceptors (Lipinski definition) is 2. The van der Waals surface area contributed by atoms with Crippen LogP contribution in [0.4, 0.5) is 0 Å². The van der Waals surface area contributed by atoms with Crippen molar-refractivity contribution in [3.63, 3.8) is 0 Å². The van der Waals surface area contributed by atoms with Gasteiger partial charge in [-0.15, -0.1) is 0 Å². The van der Waals surface area contributed by atoms with E-state index in [0.29, 0.717) is 16.6 Å². The van der Waals surface area contributed by atoms with Crippen molar-refractivity contribution in [2.45, 2.75) is 18.9 Å². The molecule has 14 heavy (non-hydrogen) atoms. The normalized spacial score (nSPS) is 15.2. The topological polar surface area (TPSA) is 52.0 Å². The molecule has 4 N–H and O–H groups in total. The van der Waals surface area contributed by atoms with Crippen molar-refractivity contribution in [2.75, 3.05) is 6.54 Å². The number of rotatable bonds is 3. The van der Waals surface area contributed by atoms with Crippen LogP contribution >= 0.6 is 23.2 Å². The maximum absolute atomic E-state index is 5.91. The molecule has 0 spiro atoms. The van der Waals surface area contributed by atoms with Gasteiger partial charge < -0.3 is 11.5 Å². The Labute approximate surface area is 94.2 Å². The maximum atomic E-state index is 5.91. The van der Waals surface area contributed by atoms with E-state index in [1.54, 1.807) is 6.07 Å². The number of nitrogens with two attached hydrogens (primary N) is 2. The Morgan fingerprint density at radius 2 is 1.93 bits per heavy atom. The molecule has 0 saturated heterocycles. The van der Waals surface area contributed by atoms with E-state index in [1.165, 1.54) is 0 Å². The van der Waals surface area contributed by atoms with Crippen molar-refractivity contribution < 1.29 is 0 Å². The van der Waals surface area contributed by atoms with Gasteiger partial charge in [-0.25, -0.2) is 0 Å². The summed E-state index contributed by atoms with van der Waals surface area (Å²) < 4.78 is 0. The summed E-state index contributed by atoms with van der Waals surface area (Å²) in [6, 6.07) is 5.52. The van der Waals surface area contributed by atoms with E-state index < -0.39 is 0 Å². The number of benzene rings is 1. The molecule has 2 unspecified atom stereocenters. The van der Waals surface area contributed by atoms with E-state index in [-0.39, 0.29) is 12.0 Å². The number of halogens is 2. The second-order valence-corrected chi connectivity index (χ2v) is 4.19. The van der Waals surface area contributed by atoms with E-state index in [1.807, 2.05) is 19.1 Å². The van der Waals surface area contributed by atoms with Gasteiger partial charge in [0.15, 0.2) is 0 Å². The van der Waals surface area contributed by atoms with Gasteiger partial charge in [-0.1, -0.05) is 29.3 Å². The monoisotopic (exact) mass is 232 g/mol. The first-order valence-electron chi connectivity index (χ1n) is 4.47. The molecule has 0 fully saturated rings. The van der Waals surface area contributed by atoms with Gasteiger partial charge in [-0.2, -0.15) is 0 Å². The van der Waals surface area contributed by atoms with Gasteiger partial charge in [0.1, 0.15) is 0 Å². The third-order valence-electron chi connectivity index (χ3n) is 2.26. The van der Waals surface area contributed by atoms with Gasteiger partial charge in [0.05, 0.1) is 10.0 Å². The Balaban J connectivity index is 3.00. The van der Waals surface area contributed by atoms with Crippen LogP contribution in [-0.2, 0) is 0 Å². The highest BCUT2D eigenvalue weighted by Gasteiger charge is 2.15. The molecule has 0 aromatic heterocycles. The molecule has 0 radical (unpaired) electrons. The average molecular weight is 233 g/mol. The van der Waals surface area contributed by atoms with Crippen LogP contribution in [0.15, 0.2) is 18.2 Å². The third kappa shape index (κ3) is 2.61. The minimum absolute atomic E-state index is 0.0113. The van der Waals surface area contributed by atoms with Crippen LogP contribution in [0, 0.1) is 0 Å². The van der Waals surface area contributed by atoms with Gasteiger partial charge in [0.25, 0.3) is 0 Å². The van der Waals surface area contributed by atoms with Gasteiger partial charge in [-0.05, 0) is 24.6 Å². The fourth-order valence-electron chi connectivity index (χ4n) is 1.40. The lowest BCUT2D eigenvalue weighted by Gasteiger charge is -2.19. The summed E-state index contributed by atoms with van der Waals surface area (Å²) in [5.74, 6) is 0.129. The van der Waals surface area contributed by atoms with Crippen molar-refractivity contribution >= 4 is 23.2 Å². The van der Waals surface area contributed by atoms with E-state index >= 15 is 0 Å². The van der Waals surface area contributed by atoms with Crippen molar-refractivity contribution in [3.8, 4) is 0 Å². The second-order valence-electron chi connectivity index (χ2n) is 3.37. The molecule has 78 valence electrons. The van der Waals surface area contributed by atoms with Crippen molar-refractivity contribution in [2.24, 2.45) is 11.5 Å². The van der Waals surface area contributed by atoms with Crippen LogP contribution in [0.1, 0.15) is 18.4 Å². The van der Waals surface area contributed by atoms with Gasteiger partial charge in [0, 0.05) is 18.5 Å². The fourth-order valence-corrected chi connectivity index (χ4v) is 1.70. The molecular weight excluding hydrogens is 219 g/mol. The largest absolute Gasteiger partial charge is 0.330 e. The molecule has 1 rings (SSSR count). The summed E-state index contributed by atoms with van der Waals surface area (Å²) >= 11 is 11.7. The first-order chi connectivity index (χ1) is 6.56. The lowest BCUT2D eigenvalue weighted by Crippen LogP contribution is -2.30. The van der Waals surface area contributed by atoms with Gasteiger partial charge in [-0.3, -0.25) is 0 Å². The van der Waals surface area contributed by atoms with E-state index in [9.17, 15) is 0 Å². The molecule has 0 aliphatic carbocycles. The van der Waals surface area contributed by atoms with Gasteiger partial charge >= 0.3 is 0 Å².